The molecule has 5 nitrogen and oxygen atoms in total. The summed E-state index contributed by atoms with van der Waals surface area (Å²) in [4.78, 5) is 2.29. The Bertz CT molecular complexity index is 392. The van der Waals surface area contributed by atoms with E-state index in [2.05, 4.69) is 30.4 Å². The molecule has 128 valence electrons. The summed E-state index contributed by atoms with van der Waals surface area (Å²) in [6.07, 6.45) is 3.05. The van der Waals surface area contributed by atoms with Gasteiger partial charge in [0, 0.05) is 18.6 Å². The fourth-order valence-corrected chi connectivity index (χ4v) is 3.90. The number of nitrogens with zero attached hydrogens (tertiary/aromatic N) is 1. The molecule has 21 heavy (non-hydrogen) atoms. The van der Waals surface area contributed by atoms with Crippen LogP contribution in [0.5, 0.6) is 0 Å². The maximum atomic E-state index is 11.5. The molecule has 0 aromatic rings. The maximum Gasteiger partial charge on any atom is 0.209 e. The lowest BCUT2D eigenvalue weighted by atomic mass is 9.89. The van der Waals surface area contributed by atoms with Gasteiger partial charge in [-0.25, -0.2) is 13.1 Å². The van der Waals surface area contributed by atoms with E-state index in [1.54, 1.807) is 0 Å². The maximum absolute atomic E-state index is 11.5. The smallest absolute Gasteiger partial charge is 0.209 e. The van der Waals surface area contributed by atoms with Crippen molar-refractivity contribution in [2.75, 3.05) is 19.3 Å². The molecule has 0 bridgehead atoms. The molecule has 0 spiro atoms. The quantitative estimate of drug-likeness (QED) is 0.603. The van der Waals surface area contributed by atoms with Gasteiger partial charge in [0.25, 0.3) is 0 Å². The van der Waals surface area contributed by atoms with E-state index in [0.29, 0.717) is 11.8 Å². The van der Waals surface area contributed by atoms with Crippen LogP contribution in [0.2, 0.25) is 0 Å². The van der Waals surface area contributed by atoms with Crippen LogP contribution in [-0.2, 0) is 10.0 Å². The highest BCUT2D eigenvalue weighted by atomic mass is 32.2. The molecule has 0 aliphatic heterocycles. The van der Waals surface area contributed by atoms with E-state index in [0.717, 1.165) is 25.9 Å². The van der Waals surface area contributed by atoms with E-state index >= 15 is 0 Å². The van der Waals surface area contributed by atoms with Crippen LogP contribution in [0.3, 0.4) is 0 Å². The van der Waals surface area contributed by atoms with Gasteiger partial charge in [-0.3, -0.25) is 4.90 Å². The lowest BCUT2D eigenvalue weighted by Crippen LogP contribution is -2.48. The van der Waals surface area contributed by atoms with Crippen LogP contribution < -0.4 is 10.5 Å². The molecule has 0 radical (unpaired) electrons. The van der Waals surface area contributed by atoms with Crippen molar-refractivity contribution in [2.45, 2.75) is 66.1 Å². The number of hydrogen-bond donors (Lipinski definition) is 2. The van der Waals surface area contributed by atoms with Gasteiger partial charge >= 0.3 is 0 Å². The summed E-state index contributed by atoms with van der Waals surface area (Å²) in [5, 5.41) is 0. The Morgan fingerprint density at radius 2 is 1.71 bits per heavy atom. The molecule has 2 unspecified atom stereocenters. The Hall–Kier alpha value is -0.170. The first-order valence-corrected chi connectivity index (χ1v) is 9.74. The number of nitrogens with two attached hydrogens (primary N) is 1. The predicted octanol–water partition coefficient (Wildman–Crippen LogP) is 1.99. The summed E-state index contributed by atoms with van der Waals surface area (Å²) < 4.78 is 25.6. The van der Waals surface area contributed by atoms with E-state index in [-0.39, 0.29) is 6.17 Å². The van der Waals surface area contributed by atoms with Crippen molar-refractivity contribution in [3.63, 3.8) is 0 Å². The fourth-order valence-electron chi connectivity index (χ4n) is 2.81. The van der Waals surface area contributed by atoms with Gasteiger partial charge in [0.2, 0.25) is 10.0 Å². The van der Waals surface area contributed by atoms with Gasteiger partial charge in [-0.1, -0.05) is 27.2 Å². The van der Waals surface area contributed by atoms with Crippen LogP contribution in [0.1, 0.15) is 54.4 Å². The van der Waals surface area contributed by atoms with Crippen LogP contribution in [0, 0.1) is 11.8 Å². The normalized spacial score (nSPS) is 16.5. The largest absolute Gasteiger partial charge is 0.316 e. The molecule has 0 aromatic carbocycles. The highest BCUT2D eigenvalue weighted by Gasteiger charge is 2.27. The molecule has 0 rings (SSSR count). The van der Waals surface area contributed by atoms with Gasteiger partial charge < -0.3 is 5.73 Å². The van der Waals surface area contributed by atoms with Crippen LogP contribution in [0.4, 0.5) is 0 Å². The van der Waals surface area contributed by atoms with Crippen LogP contribution in [-0.4, -0.2) is 44.4 Å². The standard InChI is InChI=1S/C15H35N3O2S/c1-8-14(9-15(5,6)17-21(7,19)20)11-18(13(4)16)10-12(2)3/h12-14,17H,8-11,16H2,1-7H3. The summed E-state index contributed by atoms with van der Waals surface area (Å²) >= 11 is 0. The van der Waals surface area contributed by atoms with Gasteiger partial charge in [0.15, 0.2) is 0 Å². The van der Waals surface area contributed by atoms with Crippen molar-refractivity contribution >= 4 is 10.0 Å². The molecule has 0 fully saturated rings. The summed E-state index contributed by atoms with van der Waals surface area (Å²) in [6, 6.07) is 0. The number of nitrogens with one attached hydrogen (secondary N) is 1. The topological polar surface area (TPSA) is 75.4 Å². The van der Waals surface area contributed by atoms with E-state index in [1.807, 2.05) is 20.8 Å². The molecule has 0 amide bonds. The number of hydrogen-bond acceptors (Lipinski definition) is 4. The highest BCUT2D eigenvalue weighted by molar-refractivity contribution is 7.88. The number of rotatable bonds is 10. The average molecular weight is 322 g/mol. The first kappa shape index (κ1) is 20.8. The Morgan fingerprint density at radius 1 is 1.19 bits per heavy atom. The minimum Gasteiger partial charge on any atom is -0.316 e. The first-order valence-electron chi connectivity index (χ1n) is 7.85. The Kier molecular flexibility index (Phi) is 8.39. The average Bonchev–Trinajstić information content (AvgIpc) is 2.22. The zero-order valence-electron chi connectivity index (χ0n) is 14.8. The molecular formula is C15H35N3O2S. The van der Waals surface area contributed by atoms with Gasteiger partial charge in [-0.15, -0.1) is 0 Å². The van der Waals surface area contributed by atoms with Crippen molar-refractivity contribution < 1.29 is 8.42 Å². The second-order valence-electron chi connectivity index (χ2n) is 7.32. The molecule has 0 saturated heterocycles. The molecule has 0 heterocycles. The lowest BCUT2D eigenvalue weighted by Gasteiger charge is -2.35. The first-order chi connectivity index (χ1) is 9.36. The third-order valence-corrected chi connectivity index (χ3v) is 4.43. The SMILES string of the molecule is CCC(CN(CC(C)C)C(C)N)CC(C)(C)NS(C)(=O)=O. The van der Waals surface area contributed by atoms with E-state index < -0.39 is 15.6 Å². The molecule has 0 aliphatic rings. The molecule has 0 aliphatic carbocycles. The van der Waals surface area contributed by atoms with Crippen molar-refractivity contribution in [3.05, 3.63) is 0 Å². The van der Waals surface area contributed by atoms with E-state index in [4.69, 9.17) is 5.73 Å². The third-order valence-electron chi connectivity index (χ3n) is 3.51. The minimum absolute atomic E-state index is 0.0208. The third kappa shape index (κ3) is 10.2. The summed E-state index contributed by atoms with van der Waals surface area (Å²) in [6.45, 7) is 14.3. The van der Waals surface area contributed by atoms with E-state index in [1.165, 1.54) is 6.26 Å². The van der Waals surface area contributed by atoms with E-state index in [9.17, 15) is 8.42 Å². The molecular weight excluding hydrogens is 286 g/mol. The Balaban J connectivity index is 4.76. The highest BCUT2D eigenvalue weighted by Crippen LogP contribution is 2.22. The lowest BCUT2D eigenvalue weighted by molar-refractivity contribution is 0.144. The molecule has 6 heteroatoms. The van der Waals surface area contributed by atoms with Crippen molar-refractivity contribution in [3.8, 4) is 0 Å². The van der Waals surface area contributed by atoms with Gasteiger partial charge in [-0.05, 0) is 39.0 Å². The van der Waals surface area contributed by atoms with Gasteiger partial charge in [0.05, 0.1) is 12.4 Å². The van der Waals surface area contributed by atoms with Crippen LogP contribution in [0.25, 0.3) is 0 Å². The van der Waals surface area contributed by atoms with Gasteiger partial charge in [-0.2, -0.15) is 0 Å². The zero-order valence-corrected chi connectivity index (χ0v) is 15.6. The summed E-state index contributed by atoms with van der Waals surface area (Å²) in [7, 11) is -3.19. The Labute approximate surface area is 131 Å². The van der Waals surface area contributed by atoms with Crippen LogP contribution in [0.15, 0.2) is 0 Å². The number of sulfonamides is 1. The predicted molar refractivity (Wildman–Crippen MR) is 90.5 cm³/mol. The summed E-state index contributed by atoms with van der Waals surface area (Å²) in [5.74, 6) is 0.981. The molecule has 3 N–H and O–H groups in total. The zero-order chi connectivity index (χ0) is 16.8. The second-order valence-corrected chi connectivity index (χ2v) is 9.07. The fraction of sp³-hybridized carbons (Fsp3) is 1.00. The minimum atomic E-state index is -3.19. The van der Waals surface area contributed by atoms with Gasteiger partial charge in [0.1, 0.15) is 0 Å². The molecule has 2 atom stereocenters. The van der Waals surface area contributed by atoms with Crippen molar-refractivity contribution in [1.82, 2.24) is 9.62 Å². The molecule has 0 aromatic heterocycles. The second kappa shape index (κ2) is 8.46. The van der Waals surface area contributed by atoms with Crippen molar-refractivity contribution in [1.29, 1.82) is 0 Å². The van der Waals surface area contributed by atoms with Crippen molar-refractivity contribution in [2.24, 2.45) is 17.6 Å². The monoisotopic (exact) mass is 321 g/mol. The summed E-state index contributed by atoms with van der Waals surface area (Å²) in [5.41, 5.74) is 5.63. The molecule has 0 saturated carbocycles. The Morgan fingerprint density at radius 3 is 2.05 bits per heavy atom. The van der Waals surface area contributed by atoms with Crippen LogP contribution >= 0.6 is 0 Å².